The molecule has 1 saturated heterocycles. The number of sulfone groups is 1. The highest BCUT2D eigenvalue weighted by molar-refractivity contribution is 7.91. The van der Waals surface area contributed by atoms with Crippen molar-refractivity contribution < 1.29 is 26.7 Å². The van der Waals surface area contributed by atoms with Crippen molar-refractivity contribution in [2.45, 2.75) is 63.0 Å². The van der Waals surface area contributed by atoms with Crippen molar-refractivity contribution >= 4 is 48.0 Å². The topological polar surface area (TPSA) is 159 Å². The molecule has 3 heterocycles. The Morgan fingerprint density at radius 1 is 1.08 bits per heavy atom. The number of H-pyrrole nitrogens is 1. The minimum Gasteiger partial charge on any atom is -0.393 e. The number of fused-ring (bicyclic) bond motifs is 1. The lowest BCUT2D eigenvalue weighted by Crippen LogP contribution is -2.39. The second kappa shape index (κ2) is 10.7. The number of aliphatic hydroxyl groups excluding tert-OH is 1. The van der Waals surface area contributed by atoms with Crippen LogP contribution in [0.4, 0.5) is 0 Å². The molecule has 0 atom stereocenters. The first kappa shape index (κ1) is 27.3. The van der Waals surface area contributed by atoms with E-state index in [1.54, 1.807) is 6.07 Å². The molecule has 0 spiro atoms. The molecule has 0 bridgehead atoms. The predicted molar refractivity (Wildman–Crippen MR) is 150 cm³/mol. The maximum atomic E-state index is 12.6. The average Bonchev–Trinajstić information content (AvgIpc) is 3.51. The van der Waals surface area contributed by atoms with Gasteiger partial charge < -0.3 is 15.8 Å². The number of aliphatic hydroxyl groups is 1. The molecule has 2 aromatic heterocycles. The Kier molecular flexibility index (Phi) is 7.71. The number of thiophene rings is 1. The number of aromatic amines is 1. The van der Waals surface area contributed by atoms with Crippen LogP contribution in [0.15, 0.2) is 29.8 Å². The van der Waals surface area contributed by atoms with E-state index in [4.69, 9.17) is 5.73 Å². The summed E-state index contributed by atoms with van der Waals surface area (Å²) in [5, 5.41) is 12.4. The fourth-order valence-corrected chi connectivity index (χ4v) is 9.43. The lowest BCUT2D eigenvalue weighted by Gasteiger charge is -2.25. The smallest absolute Gasteiger partial charge is 0.250 e. The Labute approximate surface area is 226 Å². The largest absolute Gasteiger partial charge is 0.393 e. The highest BCUT2D eigenvalue weighted by atomic mass is 32.2. The van der Waals surface area contributed by atoms with Gasteiger partial charge in [-0.2, -0.15) is 0 Å². The molecule has 0 radical (unpaired) electrons. The standard InChI is InChI=1S/C26H33N3O6S3/c27-26(31)23-13-17(12-22-24(14-28-25(22)23)16-5-8-37(32,33)9-6-16)18-11-21(36-15-18)7-10-38(34,35)29-19-1-3-20(30)4-2-19/h11-16,19-20,28-30H,1-10H2,(H2,27,31). The fraction of sp³-hybridized carbons (Fsp3) is 0.500. The van der Waals surface area contributed by atoms with Gasteiger partial charge in [0.1, 0.15) is 9.84 Å². The van der Waals surface area contributed by atoms with Gasteiger partial charge in [0.25, 0.3) is 5.91 Å². The minimum absolute atomic E-state index is 0.0237. The number of aromatic nitrogens is 1. The van der Waals surface area contributed by atoms with Gasteiger partial charge in [0, 0.05) is 22.5 Å². The summed E-state index contributed by atoms with van der Waals surface area (Å²) < 4.78 is 51.9. The summed E-state index contributed by atoms with van der Waals surface area (Å²) in [7, 11) is -6.45. The van der Waals surface area contributed by atoms with Crippen molar-refractivity contribution in [1.82, 2.24) is 9.71 Å². The van der Waals surface area contributed by atoms with Crippen LogP contribution in [0.2, 0.25) is 0 Å². The third kappa shape index (κ3) is 6.15. The van der Waals surface area contributed by atoms with Crippen molar-refractivity contribution in [2.24, 2.45) is 5.73 Å². The van der Waals surface area contributed by atoms with E-state index in [1.165, 1.54) is 11.3 Å². The van der Waals surface area contributed by atoms with Crippen LogP contribution >= 0.6 is 11.3 Å². The van der Waals surface area contributed by atoms with E-state index < -0.39 is 25.8 Å². The van der Waals surface area contributed by atoms with Gasteiger partial charge in [0.2, 0.25) is 10.0 Å². The number of amides is 1. The third-order valence-electron chi connectivity index (χ3n) is 7.73. The lowest BCUT2D eigenvalue weighted by atomic mass is 9.91. The van der Waals surface area contributed by atoms with E-state index in [0.29, 0.717) is 56.0 Å². The summed E-state index contributed by atoms with van der Waals surface area (Å²) >= 11 is 1.47. The molecule has 1 aromatic carbocycles. The van der Waals surface area contributed by atoms with E-state index in [-0.39, 0.29) is 35.3 Å². The molecule has 2 fully saturated rings. The van der Waals surface area contributed by atoms with Gasteiger partial charge in [-0.3, -0.25) is 4.79 Å². The molecular formula is C26H33N3O6S3. The Bertz CT molecular complexity index is 1540. The molecule has 1 aliphatic heterocycles. The van der Waals surface area contributed by atoms with Crippen molar-refractivity contribution in [2.75, 3.05) is 17.3 Å². The molecular weight excluding hydrogens is 547 g/mol. The van der Waals surface area contributed by atoms with E-state index in [9.17, 15) is 26.7 Å². The van der Waals surface area contributed by atoms with Gasteiger partial charge >= 0.3 is 0 Å². The van der Waals surface area contributed by atoms with Crippen molar-refractivity contribution in [3.8, 4) is 11.1 Å². The number of hydrogen-bond acceptors (Lipinski definition) is 7. The predicted octanol–water partition coefficient (Wildman–Crippen LogP) is 3.05. The quantitative estimate of drug-likeness (QED) is 0.321. The molecule has 12 heteroatoms. The van der Waals surface area contributed by atoms with Crippen LogP contribution < -0.4 is 10.5 Å². The van der Waals surface area contributed by atoms with Crippen LogP contribution in [-0.2, 0) is 26.3 Å². The van der Waals surface area contributed by atoms with E-state index >= 15 is 0 Å². The molecule has 5 N–H and O–H groups in total. The van der Waals surface area contributed by atoms with E-state index in [0.717, 1.165) is 27.0 Å². The SMILES string of the molecule is NC(=O)c1cc(-c2csc(CCS(=O)(=O)NC3CCC(O)CC3)c2)cc2c(C3CCS(=O)(=O)CC3)c[nH]c12. The fourth-order valence-electron chi connectivity index (χ4n) is 5.56. The van der Waals surface area contributed by atoms with Gasteiger partial charge in [0.05, 0.1) is 34.4 Å². The van der Waals surface area contributed by atoms with Crippen molar-refractivity contribution in [3.05, 3.63) is 45.8 Å². The van der Waals surface area contributed by atoms with E-state index in [1.807, 2.05) is 23.7 Å². The molecule has 3 aromatic rings. The Morgan fingerprint density at radius 3 is 2.47 bits per heavy atom. The number of rotatable bonds is 8. The maximum Gasteiger partial charge on any atom is 0.250 e. The zero-order valence-corrected chi connectivity index (χ0v) is 23.4. The zero-order chi connectivity index (χ0) is 27.1. The first-order chi connectivity index (χ1) is 18.0. The van der Waals surface area contributed by atoms with Crippen LogP contribution in [0.3, 0.4) is 0 Å². The lowest BCUT2D eigenvalue weighted by molar-refractivity contribution is 0.100. The molecule has 206 valence electrons. The summed E-state index contributed by atoms with van der Waals surface area (Å²) in [5.74, 6) is -0.197. The van der Waals surface area contributed by atoms with Crippen LogP contribution in [-0.4, -0.2) is 62.2 Å². The molecule has 1 amide bonds. The van der Waals surface area contributed by atoms with Gasteiger partial charge in [-0.15, -0.1) is 11.3 Å². The number of nitrogens with two attached hydrogens (primary N) is 1. The number of aryl methyl sites for hydroxylation is 1. The van der Waals surface area contributed by atoms with Crippen LogP contribution in [0.25, 0.3) is 22.0 Å². The van der Waals surface area contributed by atoms with Crippen LogP contribution in [0.1, 0.15) is 65.2 Å². The minimum atomic E-state index is -3.45. The molecule has 2 aliphatic rings. The van der Waals surface area contributed by atoms with Crippen LogP contribution in [0.5, 0.6) is 0 Å². The zero-order valence-electron chi connectivity index (χ0n) is 21.0. The molecule has 38 heavy (non-hydrogen) atoms. The first-order valence-corrected chi connectivity index (χ1v) is 17.3. The number of nitrogens with one attached hydrogen (secondary N) is 2. The summed E-state index contributed by atoms with van der Waals surface area (Å²) in [6, 6.07) is 5.57. The van der Waals surface area contributed by atoms with Crippen LogP contribution in [0, 0.1) is 0 Å². The number of benzene rings is 1. The number of carbonyl (C=O) groups is 1. The molecule has 0 unspecified atom stereocenters. The third-order valence-corrected chi connectivity index (χ3v) is 11.9. The monoisotopic (exact) mass is 579 g/mol. The number of carbonyl (C=O) groups excluding carboxylic acids is 1. The summed E-state index contributed by atoms with van der Waals surface area (Å²) in [5.41, 5.74) is 9.39. The summed E-state index contributed by atoms with van der Waals surface area (Å²) in [6.45, 7) is 0. The Hall–Kier alpha value is -2.25. The van der Waals surface area contributed by atoms with Gasteiger partial charge in [-0.05, 0) is 91.1 Å². The van der Waals surface area contributed by atoms with Gasteiger partial charge in [-0.1, -0.05) is 0 Å². The highest BCUT2D eigenvalue weighted by Gasteiger charge is 2.28. The number of sulfonamides is 1. The van der Waals surface area contributed by atoms with E-state index in [2.05, 4.69) is 9.71 Å². The normalized spacial score (nSPS) is 22.6. The Balaban J connectivity index is 1.35. The number of primary amides is 1. The Morgan fingerprint density at radius 2 is 1.79 bits per heavy atom. The number of hydrogen-bond donors (Lipinski definition) is 4. The second-order valence-electron chi connectivity index (χ2n) is 10.5. The molecule has 9 nitrogen and oxygen atoms in total. The molecule has 1 aliphatic carbocycles. The summed E-state index contributed by atoms with van der Waals surface area (Å²) in [6.07, 6.45) is 5.48. The van der Waals surface area contributed by atoms with Gasteiger partial charge in [-0.25, -0.2) is 21.6 Å². The molecule has 5 rings (SSSR count). The highest BCUT2D eigenvalue weighted by Crippen LogP contribution is 2.38. The van der Waals surface area contributed by atoms with Gasteiger partial charge in [0.15, 0.2) is 0 Å². The maximum absolute atomic E-state index is 12.6. The van der Waals surface area contributed by atoms with Crippen molar-refractivity contribution in [1.29, 1.82) is 0 Å². The second-order valence-corrected chi connectivity index (χ2v) is 15.6. The van der Waals surface area contributed by atoms with Crippen molar-refractivity contribution in [3.63, 3.8) is 0 Å². The first-order valence-electron chi connectivity index (χ1n) is 12.9. The summed E-state index contributed by atoms with van der Waals surface area (Å²) in [4.78, 5) is 16.4. The average molecular weight is 580 g/mol. The molecule has 1 saturated carbocycles.